The minimum atomic E-state index is -0.148. The molecule has 4 nitrogen and oxygen atoms in total. The van der Waals surface area contributed by atoms with Crippen LogP contribution in [0.3, 0.4) is 0 Å². The van der Waals surface area contributed by atoms with Crippen molar-refractivity contribution in [3.8, 4) is 5.75 Å². The first-order valence-electron chi connectivity index (χ1n) is 8.55. The van der Waals surface area contributed by atoms with E-state index in [2.05, 4.69) is 13.8 Å². The average molecular weight is 319 g/mol. The Kier molecular flexibility index (Phi) is 6.05. The number of benzene rings is 1. The standard InChI is InChI=1S/C19H29NO3/c1-15(2)19(14-21)9-5-10-20(13-19)18(22)8-11-23-17-7-4-6-16(3)12-17/h4,6-7,12,15,21H,5,8-11,13-14H2,1-3H3. The molecule has 1 aromatic carbocycles. The zero-order valence-electron chi connectivity index (χ0n) is 14.5. The molecule has 1 heterocycles. The maximum absolute atomic E-state index is 12.4. The van der Waals surface area contributed by atoms with Crippen molar-refractivity contribution < 1.29 is 14.6 Å². The van der Waals surface area contributed by atoms with Crippen LogP contribution in [0.5, 0.6) is 5.75 Å². The van der Waals surface area contributed by atoms with Crippen molar-refractivity contribution in [2.75, 3.05) is 26.3 Å². The summed E-state index contributed by atoms with van der Waals surface area (Å²) in [7, 11) is 0. The van der Waals surface area contributed by atoms with Gasteiger partial charge < -0.3 is 14.7 Å². The van der Waals surface area contributed by atoms with Gasteiger partial charge in [0.25, 0.3) is 0 Å². The van der Waals surface area contributed by atoms with Crippen LogP contribution in [-0.4, -0.2) is 42.2 Å². The Labute approximate surface area is 139 Å². The Morgan fingerprint density at radius 3 is 2.87 bits per heavy atom. The van der Waals surface area contributed by atoms with Crippen LogP contribution in [0.1, 0.15) is 38.7 Å². The molecule has 128 valence electrons. The highest BCUT2D eigenvalue weighted by Gasteiger charge is 2.38. The van der Waals surface area contributed by atoms with Gasteiger partial charge in [-0.2, -0.15) is 0 Å². The molecule has 0 aromatic heterocycles. The number of hydrogen-bond donors (Lipinski definition) is 1. The molecule has 0 aliphatic carbocycles. The Bertz CT molecular complexity index is 529. The zero-order chi connectivity index (χ0) is 16.9. The van der Waals surface area contributed by atoms with Crippen molar-refractivity contribution in [2.24, 2.45) is 11.3 Å². The average Bonchev–Trinajstić information content (AvgIpc) is 2.54. The lowest BCUT2D eigenvalue weighted by Crippen LogP contribution is -2.50. The van der Waals surface area contributed by atoms with E-state index in [4.69, 9.17) is 4.74 Å². The highest BCUT2D eigenvalue weighted by molar-refractivity contribution is 5.76. The smallest absolute Gasteiger partial charge is 0.226 e. The third kappa shape index (κ3) is 4.47. The molecule has 1 aliphatic heterocycles. The molecule has 0 radical (unpaired) electrons. The Hall–Kier alpha value is -1.55. The maximum Gasteiger partial charge on any atom is 0.226 e. The Morgan fingerprint density at radius 2 is 2.22 bits per heavy atom. The van der Waals surface area contributed by atoms with Crippen LogP contribution >= 0.6 is 0 Å². The molecule has 0 bridgehead atoms. The zero-order valence-corrected chi connectivity index (χ0v) is 14.5. The first-order chi connectivity index (χ1) is 11.0. The molecule has 1 aromatic rings. The highest BCUT2D eigenvalue weighted by Crippen LogP contribution is 2.36. The van der Waals surface area contributed by atoms with Crippen LogP contribution < -0.4 is 4.74 Å². The van der Waals surface area contributed by atoms with E-state index < -0.39 is 0 Å². The predicted octanol–water partition coefficient (Wildman–Crippen LogP) is 3.02. The summed E-state index contributed by atoms with van der Waals surface area (Å²) in [6, 6.07) is 7.86. The van der Waals surface area contributed by atoms with E-state index in [1.807, 2.05) is 36.1 Å². The third-order valence-electron chi connectivity index (χ3n) is 5.07. The molecule has 1 N–H and O–H groups in total. The van der Waals surface area contributed by atoms with E-state index in [-0.39, 0.29) is 17.9 Å². The molecule has 1 atom stereocenters. The van der Waals surface area contributed by atoms with Gasteiger partial charge in [-0.25, -0.2) is 0 Å². The van der Waals surface area contributed by atoms with Gasteiger partial charge in [0.2, 0.25) is 5.91 Å². The van der Waals surface area contributed by atoms with Crippen LogP contribution in [0.4, 0.5) is 0 Å². The fourth-order valence-electron chi connectivity index (χ4n) is 3.28. The predicted molar refractivity (Wildman–Crippen MR) is 91.5 cm³/mol. The van der Waals surface area contributed by atoms with Gasteiger partial charge in [-0.3, -0.25) is 4.79 Å². The molecule has 1 fully saturated rings. The number of likely N-dealkylation sites (tertiary alicyclic amines) is 1. The van der Waals surface area contributed by atoms with E-state index in [1.165, 1.54) is 0 Å². The van der Waals surface area contributed by atoms with Gasteiger partial charge in [0.1, 0.15) is 5.75 Å². The summed E-state index contributed by atoms with van der Waals surface area (Å²) in [5, 5.41) is 9.80. The molecule has 0 saturated carbocycles. The highest BCUT2D eigenvalue weighted by atomic mass is 16.5. The van der Waals surface area contributed by atoms with E-state index >= 15 is 0 Å². The second kappa shape index (κ2) is 7.82. The number of aliphatic hydroxyl groups excluding tert-OH is 1. The number of nitrogens with zero attached hydrogens (tertiary/aromatic N) is 1. The topological polar surface area (TPSA) is 49.8 Å². The quantitative estimate of drug-likeness (QED) is 0.877. The first kappa shape index (κ1) is 17.8. The summed E-state index contributed by atoms with van der Waals surface area (Å²) >= 11 is 0. The molecular formula is C19H29NO3. The molecule has 23 heavy (non-hydrogen) atoms. The number of piperidine rings is 1. The monoisotopic (exact) mass is 319 g/mol. The number of amides is 1. The number of hydrogen-bond acceptors (Lipinski definition) is 3. The van der Waals surface area contributed by atoms with Crippen LogP contribution in [0, 0.1) is 18.3 Å². The van der Waals surface area contributed by atoms with Gasteiger partial charge in [-0.15, -0.1) is 0 Å². The lowest BCUT2D eigenvalue weighted by Gasteiger charge is -2.44. The minimum Gasteiger partial charge on any atom is -0.493 e. The van der Waals surface area contributed by atoms with Crippen molar-refractivity contribution >= 4 is 5.91 Å². The largest absolute Gasteiger partial charge is 0.493 e. The van der Waals surface area contributed by atoms with E-state index in [0.29, 0.717) is 25.5 Å². The van der Waals surface area contributed by atoms with Crippen molar-refractivity contribution in [3.05, 3.63) is 29.8 Å². The summed E-state index contributed by atoms with van der Waals surface area (Å²) in [6.45, 7) is 8.27. The van der Waals surface area contributed by atoms with Crippen LogP contribution in [0.15, 0.2) is 24.3 Å². The summed E-state index contributed by atoms with van der Waals surface area (Å²) < 4.78 is 5.68. The van der Waals surface area contributed by atoms with E-state index in [0.717, 1.165) is 30.7 Å². The fourth-order valence-corrected chi connectivity index (χ4v) is 3.28. The molecule has 4 heteroatoms. The molecule has 1 amide bonds. The molecule has 1 unspecified atom stereocenters. The summed E-state index contributed by atoms with van der Waals surface area (Å²) in [6.07, 6.45) is 2.33. The summed E-state index contributed by atoms with van der Waals surface area (Å²) in [5.74, 6) is 1.30. The van der Waals surface area contributed by atoms with Crippen molar-refractivity contribution in [2.45, 2.75) is 40.0 Å². The van der Waals surface area contributed by atoms with E-state index in [1.54, 1.807) is 0 Å². The van der Waals surface area contributed by atoms with Crippen LogP contribution in [0.2, 0.25) is 0 Å². The number of aryl methyl sites for hydroxylation is 1. The third-order valence-corrected chi connectivity index (χ3v) is 5.07. The first-order valence-corrected chi connectivity index (χ1v) is 8.55. The number of aliphatic hydroxyl groups is 1. The van der Waals surface area contributed by atoms with Crippen molar-refractivity contribution in [1.29, 1.82) is 0 Å². The second-order valence-electron chi connectivity index (χ2n) is 7.01. The normalized spacial score (nSPS) is 21.5. The van der Waals surface area contributed by atoms with Gasteiger partial charge in [-0.05, 0) is 43.4 Å². The maximum atomic E-state index is 12.4. The van der Waals surface area contributed by atoms with Crippen LogP contribution in [0.25, 0.3) is 0 Å². The number of carbonyl (C=O) groups is 1. The molecular weight excluding hydrogens is 290 g/mol. The lowest BCUT2D eigenvalue weighted by molar-refractivity contribution is -0.137. The number of ether oxygens (including phenoxy) is 1. The molecule has 2 rings (SSSR count). The van der Waals surface area contributed by atoms with Crippen molar-refractivity contribution in [3.63, 3.8) is 0 Å². The fraction of sp³-hybridized carbons (Fsp3) is 0.632. The van der Waals surface area contributed by atoms with Gasteiger partial charge >= 0.3 is 0 Å². The van der Waals surface area contributed by atoms with Gasteiger partial charge in [0, 0.05) is 18.5 Å². The van der Waals surface area contributed by atoms with Gasteiger partial charge in [0.15, 0.2) is 0 Å². The summed E-state index contributed by atoms with van der Waals surface area (Å²) in [4.78, 5) is 14.3. The van der Waals surface area contributed by atoms with E-state index in [9.17, 15) is 9.90 Å². The number of rotatable bonds is 6. The minimum absolute atomic E-state index is 0.121. The molecule has 1 saturated heterocycles. The van der Waals surface area contributed by atoms with Gasteiger partial charge in [0.05, 0.1) is 19.6 Å². The molecule has 0 spiro atoms. The Morgan fingerprint density at radius 1 is 1.43 bits per heavy atom. The van der Waals surface area contributed by atoms with Crippen molar-refractivity contribution in [1.82, 2.24) is 4.90 Å². The SMILES string of the molecule is Cc1cccc(OCCC(=O)N2CCCC(CO)(C(C)C)C2)c1. The lowest BCUT2D eigenvalue weighted by atomic mass is 9.72. The Balaban J connectivity index is 1.85. The summed E-state index contributed by atoms with van der Waals surface area (Å²) in [5.41, 5.74) is 1.00. The second-order valence-corrected chi connectivity index (χ2v) is 7.01. The van der Waals surface area contributed by atoms with Gasteiger partial charge in [-0.1, -0.05) is 26.0 Å². The number of carbonyl (C=O) groups excluding carboxylic acids is 1. The van der Waals surface area contributed by atoms with Crippen LogP contribution in [-0.2, 0) is 4.79 Å². The molecule has 1 aliphatic rings.